The van der Waals surface area contributed by atoms with Crippen molar-refractivity contribution in [3.8, 4) is 0 Å². The largest absolute Gasteiger partial charge is 0.368 e. The minimum Gasteiger partial charge on any atom is -0.368 e. The first-order valence-electron chi connectivity index (χ1n) is 6.48. The molecule has 0 amide bonds. The number of aromatic nitrogens is 2. The van der Waals surface area contributed by atoms with Gasteiger partial charge in [-0.3, -0.25) is 10.1 Å². The summed E-state index contributed by atoms with van der Waals surface area (Å²) in [7, 11) is 1.84. The van der Waals surface area contributed by atoms with E-state index in [1.807, 2.05) is 11.9 Å². The summed E-state index contributed by atoms with van der Waals surface area (Å²) in [6.07, 6.45) is 5.52. The average molecular weight is 265 g/mol. The predicted molar refractivity (Wildman–Crippen MR) is 72.9 cm³/mol. The van der Waals surface area contributed by atoms with E-state index in [2.05, 4.69) is 16.9 Å². The first-order valence-corrected chi connectivity index (χ1v) is 6.48. The van der Waals surface area contributed by atoms with E-state index in [1.54, 1.807) is 0 Å². The van der Waals surface area contributed by atoms with Crippen molar-refractivity contribution in [1.29, 1.82) is 0 Å². The molecule has 0 saturated heterocycles. The molecule has 1 aliphatic rings. The lowest BCUT2D eigenvalue weighted by Crippen LogP contribution is -2.35. The van der Waals surface area contributed by atoms with Crippen molar-refractivity contribution in [3.63, 3.8) is 0 Å². The number of nitrogen functional groups attached to an aromatic ring is 1. The molecule has 0 atom stereocenters. The molecule has 7 heteroatoms. The average Bonchev–Trinajstić information content (AvgIpc) is 2.38. The minimum absolute atomic E-state index is 0.0663. The van der Waals surface area contributed by atoms with Gasteiger partial charge in [-0.25, -0.2) is 4.98 Å². The summed E-state index contributed by atoms with van der Waals surface area (Å²) in [5.74, 6) is 1.11. The standard InChI is InChI=1S/C12H19N5O2/c1-8-3-5-9(6-4-8)16(2)11-10(17(18)19)7-14-12(13)15-11/h7-9H,3-6H2,1-2H3,(H2,13,14,15). The van der Waals surface area contributed by atoms with Crippen LogP contribution in [0.1, 0.15) is 32.6 Å². The maximum absolute atomic E-state index is 11.0. The van der Waals surface area contributed by atoms with Crippen molar-refractivity contribution in [2.45, 2.75) is 38.6 Å². The van der Waals surface area contributed by atoms with Crippen LogP contribution in [0.3, 0.4) is 0 Å². The van der Waals surface area contributed by atoms with Crippen LogP contribution in [0, 0.1) is 16.0 Å². The van der Waals surface area contributed by atoms with E-state index < -0.39 is 4.92 Å². The zero-order chi connectivity index (χ0) is 14.0. The summed E-state index contributed by atoms with van der Waals surface area (Å²) in [5, 5.41) is 11.0. The molecule has 0 aliphatic heterocycles. The Kier molecular flexibility index (Phi) is 3.82. The number of nitro groups is 1. The zero-order valence-corrected chi connectivity index (χ0v) is 11.2. The van der Waals surface area contributed by atoms with Gasteiger partial charge in [-0.2, -0.15) is 4.98 Å². The fourth-order valence-electron chi connectivity index (χ4n) is 2.57. The van der Waals surface area contributed by atoms with Gasteiger partial charge in [0.25, 0.3) is 0 Å². The van der Waals surface area contributed by atoms with Crippen LogP contribution in [-0.4, -0.2) is 28.0 Å². The Morgan fingerprint density at radius 3 is 2.63 bits per heavy atom. The molecule has 2 rings (SSSR count). The van der Waals surface area contributed by atoms with Gasteiger partial charge in [0, 0.05) is 13.1 Å². The van der Waals surface area contributed by atoms with Crippen molar-refractivity contribution in [1.82, 2.24) is 9.97 Å². The van der Waals surface area contributed by atoms with Crippen molar-refractivity contribution in [2.24, 2.45) is 5.92 Å². The maximum atomic E-state index is 11.0. The van der Waals surface area contributed by atoms with Gasteiger partial charge in [0.15, 0.2) is 0 Å². The van der Waals surface area contributed by atoms with E-state index in [9.17, 15) is 10.1 Å². The molecule has 2 N–H and O–H groups in total. The van der Waals surface area contributed by atoms with E-state index in [4.69, 9.17) is 5.73 Å². The van der Waals surface area contributed by atoms with Crippen molar-refractivity contribution < 1.29 is 4.92 Å². The Morgan fingerprint density at radius 2 is 2.05 bits per heavy atom. The lowest BCUT2D eigenvalue weighted by Gasteiger charge is -2.33. The molecule has 0 aromatic carbocycles. The molecule has 0 spiro atoms. The third kappa shape index (κ3) is 2.91. The molecule has 1 heterocycles. The fraction of sp³-hybridized carbons (Fsp3) is 0.667. The van der Waals surface area contributed by atoms with Gasteiger partial charge in [0.1, 0.15) is 6.20 Å². The van der Waals surface area contributed by atoms with E-state index in [0.717, 1.165) is 31.6 Å². The molecule has 1 fully saturated rings. The lowest BCUT2D eigenvalue weighted by atomic mass is 9.87. The van der Waals surface area contributed by atoms with Crippen LogP contribution in [0.25, 0.3) is 0 Å². The van der Waals surface area contributed by atoms with Crippen molar-refractivity contribution in [3.05, 3.63) is 16.3 Å². The number of hydrogen-bond acceptors (Lipinski definition) is 6. The summed E-state index contributed by atoms with van der Waals surface area (Å²) in [6.45, 7) is 2.24. The lowest BCUT2D eigenvalue weighted by molar-refractivity contribution is -0.384. The van der Waals surface area contributed by atoms with Gasteiger partial charge in [0.05, 0.1) is 4.92 Å². The fourth-order valence-corrected chi connectivity index (χ4v) is 2.57. The van der Waals surface area contributed by atoms with Crippen LogP contribution >= 0.6 is 0 Å². The molecule has 0 bridgehead atoms. The predicted octanol–water partition coefficient (Wildman–Crippen LogP) is 1.98. The number of nitrogens with zero attached hydrogens (tertiary/aromatic N) is 4. The van der Waals surface area contributed by atoms with Crippen LogP contribution < -0.4 is 10.6 Å². The van der Waals surface area contributed by atoms with Gasteiger partial charge in [-0.05, 0) is 31.6 Å². The highest BCUT2D eigenvalue weighted by Crippen LogP contribution is 2.32. The second kappa shape index (κ2) is 5.38. The maximum Gasteiger partial charge on any atom is 0.329 e. The van der Waals surface area contributed by atoms with Gasteiger partial charge < -0.3 is 10.6 Å². The first-order chi connectivity index (χ1) is 8.99. The highest BCUT2D eigenvalue weighted by atomic mass is 16.6. The van der Waals surface area contributed by atoms with Gasteiger partial charge >= 0.3 is 5.69 Å². The normalized spacial score (nSPS) is 23.1. The topological polar surface area (TPSA) is 98.2 Å². The highest BCUT2D eigenvalue weighted by Gasteiger charge is 2.27. The number of nitrogens with two attached hydrogens (primary N) is 1. The second-order valence-corrected chi connectivity index (χ2v) is 5.22. The zero-order valence-electron chi connectivity index (χ0n) is 11.2. The van der Waals surface area contributed by atoms with Crippen LogP contribution in [0.5, 0.6) is 0 Å². The molecule has 0 unspecified atom stereocenters. The molecule has 0 radical (unpaired) electrons. The molecule has 1 aliphatic carbocycles. The van der Waals surface area contributed by atoms with Gasteiger partial charge in [-0.1, -0.05) is 6.92 Å². The Labute approximate surface area is 112 Å². The van der Waals surface area contributed by atoms with Crippen LogP contribution in [0.15, 0.2) is 6.20 Å². The molecule has 7 nitrogen and oxygen atoms in total. The Morgan fingerprint density at radius 1 is 1.42 bits per heavy atom. The van der Waals surface area contributed by atoms with Crippen LogP contribution in [0.2, 0.25) is 0 Å². The molecule has 19 heavy (non-hydrogen) atoms. The number of anilines is 2. The van der Waals surface area contributed by atoms with Crippen LogP contribution in [0.4, 0.5) is 17.5 Å². The summed E-state index contributed by atoms with van der Waals surface area (Å²) in [6, 6.07) is 0.282. The van der Waals surface area contributed by atoms with Gasteiger partial charge in [-0.15, -0.1) is 0 Å². The van der Waals surface area contributed by atoms with Crippen molar-refractivity contribution >= 4 is 17.5 Å². The molecular weight excluding hydrogens is 246 g/mol. The SMILES string of the molecule is CC1CCC(N(C)c2nc(N)ncc2[N+](=O)[O-])CC1. The van der Waals surface area contributed by atoms with E-state index in [1.165, 1.54) is 6.20 Å². The monoisotopic (exact) mass is 265 g/mol. The third-order valence-corrected chi connectivity index (χ3v) is 3.83. The summed E-state index contributed by atoms with van der Waals surface area (Å²) < 4.78 is 0. The molecule has 1 aromatic heterocycles. The Bertz CT molecular complexity index is 471. The van der Waals surface area contributed by atoms with E-state index in [0.29, 0.717) is 5.82 Å². The number of hydrogen-bond donors (Lipinski definition) is 1. The Hall–Kier alpha value is -1.92. The van der Waals surface area contributed by atoms with Crippen LogP contribution in [-0.2, 0) is 0 Å². The summed E-state index contributed by atoms with van der Waals surface area (Å²) in [4.78, 5) is 20.2. The summed E-state index contributed by atoms with van der Waals surface area (Å²) >= 11 is 0. The van der Waals surface area contributed by atoms with Crippen molar-refractivity contribution in [2.75, 3.05) is 17.7 Å². The summed E-state index contributed by atoms with van der Waals surface area (Å²) in [5.41, 5.74) is 5.46. The smallest absolute Gasteiger partial charge is 0.329 e. The first kappa shape index (κ1) is 13.5. The Balaban J connectivity index is 2.25. The van der Waals surface area contributed by atoms with Gasteiger partial charge in [0.2, 0.25) is 11.8 Å². The highest BCUT2D eigenvalue weighted by molar-refractivity contribution is 5.58. The minimum atomic E-state index is -0.462. The molecular formula is C12H19N5O2. The quantitative estimate of drug-likeness (QED) is 0.662. The van der Waals surface area contributed by atoms with E-state index >= 15 is 0 Å². The molecule has 1 saturated carbocycles. The van der Waals surface area contributed by atoms with E-state index in [-0.39, 0.29) is 17.7 Å². The molecule has 104 valence electrons. The molecule has 1 aromatic rings. The second-order valence-electron chi connectivity index (χ2n) is 5.22. The third-order valence-electron chi connectivity index (χ3n) is 3.83. The number of rotatable bonds is 3.